The Balaban J connectivity index is 1.47. The number of urea groups is 1. The van der Waals surface area contributed by atoms with Crippen LogP contribution in [-0.2, 0) is 17.9 Å². The van der Waals surface area contributed by atoms with Gasteiger partial charge in [0.15, 0.2) is 0 Å². The van der Waals surface area contributed by atoms with Gasteiger partial charge >= 0.3 is 12.0 Å². The first-order chi connectivity index (χ1) is 13.5. The lowest BCUT2D eigenvalue weighted by Gasteiger charge is -2.30. The molecule has 2 aromatic carbocycles. The Bertz CT molecular complexity index is 825. The molecule has 1 unspecified atom stereocenters. The number of hydrogen-bond donors (Lipinski definition) is 2. The smallest absolute Gasteiger partial charge is 0.317 e. The summed E-state index contributed by atoms with van der Waals surface area (Å²) in [5.41, 5.74) is 1.37. The van der Waals surface area contributed by atoms with Crippen molar-refractivity contribution in [3.05, 3.63) is 65.5 Å². The van der Waals surface area contributed by atoms with Gasteiger partial charge in [0, 0.05) is 25.2 Å². The number of benzene rings is 2. The molecule has 0 spiro atoms. The molecule has 0 bridgehead atoms. The molecular formula is C21H23FN2O4. The normalized spacial score (nSPS) is 16.5. The van der Waals surface area contributed by atoms with Gasteiger partial charge in [0.2, 0.25) is 0 Å². The highest BCUT2D eigenvalue weighted by atomic mass is 19.1. The number of aliphatic carboxylic acids is 1. The first-order valence-corrected chi connectivity index (χ1v) is 9.23. The molecule has 1 heterocycles. The highest BCUT2D eigenvalue weighted by Crippen LogP contribution is 2.18. The number of carboxylic acids is 1. The van der Waals surface area contributed by atoms with Gasteiger partial charge in [0.05, 0.1) is 5.92 Å². The Hall–Kier alpha value is -3.09. The number of amides is 2. The van der Waals surface area contributed by atoms with E-state index in [1.54, 1.807) is 35.2 Å². The second kappa shape index (κ2) is 9.21. The van der Waals surface area contributed by atoms with E-state index in [4.69, 9.17) is 9.84 Å². The number of piperidine rings is 1. The molecule has 2 amide bonds. The lowest BCUT2D eigenvalue weighted by molar-refractivity contribution is -0.143. The summed E-state index contributed by atoms with van der Waals surface area (Å²) in [6.45, 7) is 1.28. The van der Waals surface area contributed by atoms with E-state index in [-0.39, 0.29) is 25.0 Å². The van der Waals surface area contributed by atoms with Crippen molar-refractivity contribution in [1.29, 1.82) is 0 Å². The van der Waals surface area contributed by atoms with Crippen LogP contribution in [0.25, 0.3) is 0 Å². The second-order valence-electron chi connectivity index (χ2n) is 6.81. The minimum atomic E-state index is -0.858. The second-order valence-corrected chi connectivity index (χ2v) is 6.81. The summed E-state index contributed by atoms with van der Waals surface area (Å²) in [5, 5.41) is 11.9. The lowest BCUT2D eigenvalue weighted by atomic mass is 9.99. The molecular weight excluding hydrogens is 363 g/mol. The largest absolute Gasteiger partial charge is 0.489 e. The molecule has 1 aliphatic heterocycles. The topological polar surface area (TPSA) is 78.9 Å². The highest BCUT2D eigenvalue weighted by molar-refractivity contribution is 5.76. The maximum atomic E-state index is 13.6. The van der Waals surface area contributed by atoms with Gasteiger partial charge in [-0.3, -0.25) is 4.79 Å². The average Bonchev–Trinajstić information content (AvgIpc) is 2.72. The van der Waals surface area contributed by atoms with Gasteiger partial charge in [-0.1, -0.05) is 30.3 Å². The number of carbonyl (C=O) groups is 2. The number of carbonyl (C=O) groups excluding carboxylic acids is 1. The Morgan fingerprint density at radius 2 is 1.93 bits per heavy atom. The van der Waals surface area contributed by atoms with Gasteiger partial charge in [-0.15, -0.1) is 0 Å². The van der Waals surface area contributed by atoms with E-state index in [9.17, 15) is 14.0 Å². The number of nitrogens with one attached hydrogen (secondary N) is 1. The van der Waals surface area contributed by atoms with Crippen LogP contribution < -0.4 is 10.1 Å². The van der Waals surface area contributed by atoms with E-state index in [0.29, 0.717) is 37.2 Å². The first-order valence-electron chi connectivity index (χ1n) is 9.23. The number of carboxylic acid groups (broad SMARTS) is 1. The Morgan fingerprint density at radius 3 is 2.64 bits per heavy atom. The predicted octanol–water partition coefficient (Wildman–Crippen LogP) is 3.41. The number of nitrogens with zero attached hydrogens (tertiary/aromatic N) is 1. The lowest BCUT2D eigenvalue weighted by Crippen LogP contribution is -2.46. The van der Waals surface area contributed by atoms with E-state index >= 15 is 0 Å². The number of rotatable bonds is 6. The summed E-state index contributed by atoms with van der Waals surface area (Å²) in [6, 6.07) is 13.4. The van der Waals surface area contributed by atoms with E-state index in [1.165, 1.54) is 6.07 Å². The molecule has 0 radical (unpaired) electrons. The van der Waals surface area contributed by atoms with Gasteiger partial charge in [-0.25, -0.2) is 9.18 Å². The third-order valence-corrected chi connectivity index (χ3v) is 4.78. The SMILES string of the molecule is O=C(O)C1CCCN(C(=O)NCc2ccc(OCc3ccccc3F)cc2)C1. The van der Waals surface area contributed by atoms with Crippen molar-refractivity contribution in [1.82, 2.24) is 10.2 Å². The van der Waals surface area contributed by atoms with Gasteiger partial charge in [0.1, 0.15) is 18.2 Å². The zero-order chi connectivity index (χ0) is 19.9. The minimum Gasteiger partial charge on any atom is -0.489 e. The number of ether oxygens (including phenoxy) is 1. The fourth-order valence-electron chi connectivity index (χ4n) is 3.13. The van der Waals surface area contributed by atoms with Crippen molar-refractivity contribution in [2.75, 3.05) is 13.1 Å². The fourth-order valence-corrected chi connectivity index (χ4v) is 3.13. The minimum absolute atomic E-state index is 0.141. The zero-order valence-corrected chi connectivity index (χ0v) is 15.4. The van der Waals surface area contributed by atoms with Crippen molar-refractivity contribution in [3.8, 4) is 5.75 Å². The van der Waals surface area contributed by atoms with E-state index in [1.807, 2.05) is 12.1 Å². The van der Waals surface area contributed by atoms with Gasteiger partial charge in [0.25, 0.3) is 0 Å². The van der Waals surface area contributed by atoms with Crippen LogP contribution in [0.15, 0.2) is 48.5 Å². The third kappa shape index (κ3) is 5.22. The summed E-state index contributed by atoms with van der Waals surface area (Å²) in [5.74, 6) is -1.04. The fraction of sp³-hybridized carbons (Fsp3) is 0.333. The highest BCUT2D eigenvalue weighted by Gasteiger charge is 2.27. The monoisotopic (exact) mass is 386 g/mol. The van der Waals surface area contributed by atoms with Crippen LogP contribution in [0.4, 0.5) is 9.18 Å². The zero-order valence-electron chi connectivity index (χ0n) is 15.4. The maximum absolute atomic E-state index is 13.6. The van der Waals surface area contributed by atoms with Gasteiger partial charge < -0.3 is 20.1 Å². The van der Waals surface area contributed by atoms with Crippen molar-refractivity contribution >= 4 is 12.0 Å². The molecule has 1 fully saturated rings. The van der Waals surface area contributed by atoms with Crippen LogP contribution in [0.1, 0.15) is 24.0 Å². The van der Waals surface area contributed by atoms with Crippen molar-refractivity contribution in [2.24, 2.45) is 5.92 Å². The Kier molecular flexibility index (Phi) is 6.47. The molecule has 1 atom stereocenters. The van der Waals surface area contributed by atoms with Crippen LogP contribution in [0.3, 0.4) is 0 Å². The van der Waals surface area contributed by atoms with Crippen LogP contribution in [0, 0.1) is 11.7 Å². The number of likely N-dealkylation sites (tertiary alicyclic amines) is 1. The van der Waals surface area contributed by atoms with E-state index in [0.717, 1.165) is 5.56 Å². The third-order valence-electron chi connectivity index (χ3n) is 4.78. The Morgan fingerprint density at radius 1 is 1.18 bits per heavy atom. The van der Waals surface area contributed by atoms with Crippen molar-refractivity contribution in [2.45, 2.75) is 26.0 Å². The molecule has 0 saturated carbocycles. The number of halogens is 1. The van der Waals surface area contributed by atoms with Crippen LogP contribution in [0.2, 0.25) is 0 Å². The standard InChI is InChI=1S/C21H23FN2O4/c22-19-6-2-1-4-17(19)14-28-18-9-7-15(8-10-18)12-23-21(27)24-11-3-5-16(13-24)20(25)26/h1-2,4,6-10,16H,3,5,11-14H2,(H,23,27)(H,25,26). The summed E-state index contributed by atoms with van der Waals surface area (Å²) in [7, 11) is 0. The van der Waals surface area contributed by atoms with Crippen molar-refractivity contribution in [3.63, 3.8) is 0 Å². The molecule has 1 saturated heterocycles. The van der Waals surface area contributed by atoms with E-state index in [2.05, 4.69) is 5.32 Å². The predicted molar refractivity (Wildman–Crippen MR) is 101 cm³/mol. The first kappa shape index (κ1) is 19.7. The van der Waals surface area contributed by atoms with Gasteiger partial charge in [-0.2, -0.15) is 0 Å². The summed E-state index contributed by atoms with van der Waals surface area (Å²) in [6.07, 6.45) is 1.30. The molecule has 2 N–H and O–H groups in total. The average molecular weight is 386 g/mol. The van der Waals surface area contributed by atoms with Crippen LogP contribution >= 0.6 is 0 Å². The van der Waals surface area contributed by atoms with Gasteiger partial charge in [-0.05, 0) is 36.6 Å². The molecule has 0 aliphatic carbocycles. The molecule has 1 aliphatic rings. The maximum Gasteiger partial charge on any atom is 0.317 e. The Labute approximate surface area is 162 Å². The molecule has 6 nitrogen and oxygen atoms in total. The summed E-state index contributed by atoms with van der Waals surface area (Å²) >= 11 is 0. The van der Waals surface area contributed by atoms with Crippen LogP contribution in [0.5, 0.6) is 5.75 Å². The summed E-state index contributed by atoms with van der Waals surface area (Å²) in [4.78, 5) is 24.9. The molecule has 28 heavy (non-hydrogen) atoms. The summed E-state index contributed by atoms with van der Waals surface area (Å²) < 4.78 is 19.2. The molecule has 148 valence electrons. The molecule has 3 rings (SSSR count). The molecule has 2 aromatic rings. The van der Waals surface area contributed by atoms with Crippen molar-refractivity contribution < 1.29 is 23.8 Å². The van der Waals surface area contributed by atoms with Crippen LogP contribution in [-0.4, -0.2) is 35.1 Å². The molecule has 7 heteroatoms. The van der Waals surface area contributed by atoms with E-state index < -0.39 is 11.9 Å². The molecule has 0 aromatic heterocycles. The quantitative estimate of drug-likeness (QED) is 0.797. The number of hydrogen-bond acceptors (Lipinski definition) is 3.